The highest BCUT2D eigenvalue weighted by Crippen LogP contribution is 2.29. The first-order valence-corrected chi connectivity index (χ1v) is 11.7. The summed E-state index contributed by atoms with van der Waals surface area (Å²) in [6.07, 6.45) is 6.89. The Hall–Kier alpha value is -3.06. The highest BCUT2D eigenvalue weighted by Gasteiger charge is 2.40. The van der Waals surface area contributed by atoms with Crippen LogP contribution in [0.5, 0.6) is 0 Å². The fourth-order valence-corrected chi connectivity index (χ4v) is 4.41. The van der Waals surface area contributed by atoms with Gasteiger partial charge in [0.25, 0.3) is 5.91 Å². The second kappa shape index (κ2) is 9.39. The third-order valence-corrected chi connectivity index (χ3v) is 6.16. The number of benzene rings is 2. The van der Waals surface area contributed by atoms with Crippen molar-refractivity contribution in [1.29, 1.82) is 0 Å². The Morgan fingerprint density at radius 2 is 1.94 bits per heavy atom. The maximum Gasteiger partial charge on any atom is 0.256 e. The second-order valence-electron chi connectivity index (χ2n) is 7.77. The quantitative estimate of drug-likeness (QED) is 0.707. The van der Waals surface area contributed by atoms with Gasteiger partial charge in [-0.3, -0.25) is 14.4 Å². The Morgan fingerprint density at radius 3 is 2.71 bits per heavy atom. The summed E-state index contributed by atoms with van der Waals surface area (Å²) in [5, 5.41) is 5.89. The summed E-state index contributed by atoms with van der Waals surface area (Å²) in [5.41, 5.74) is 2.99. The third-order valence-electron chi connectivity index (χ3n) is 5.61. The van der Waals surface area contributed by atoms with Crippen LogP contribution in [-0.2, 0) is 9.59 Å². The molecule has 0 bridgehead atoms. The van der Waals surface area contributed by atoms with Gasteiger partial charge in [-0.2, -0.15) is 11.8 Å². The number of piperidine rings is 1. The van der Waals surface area contributed by atoms with Gasteiger partial charge >= 0.3 is 0 Å². The zero-order valence-corrected chi connectivity index (χ0v) is 18.2. The molecule has 2 aromatic rings. The second-order valence-corrected chi connectivity index (χ2v) is 8.64. The molecule has 160 valence electrons. The molecule has 31 heavy (non-hydrogen) atoms. The summed E-state index contributed by atoms with van der Waals surface area (Å²) >= 11 is 1.46. The first-order chi connectivity index (χ1) is 15.0. The van der Waals surface area contributed by atoms with Gasteiger partial charge in [0.05, 0.1) is 17.0 Å². The van der Waals surface area contributed by atoms with Gasteiger partial charge in [0.2, 0.25) is 11.8 Å². The number of hydrogen-bond donors (Lipinski definition) is 2. The minimum atomic E-state index is -0.587. The van der Waals surface area contributed by atoms with Crippen LogP contribution in [0, 0.1) is 0 Å². The summed E-state index contributed by atoms with van der Waals surface area (Å²) in [6, 6.07) is 14.7. The van der Waals surface area contributed by atoms with E-state index in [1.54, 1.807) is 11.0 Å². The van der Waals surface area contributed by atoms with Gasteiger partial charge in [-0.15, -0.1) is 0 Å². The molecule has 2 aliphatic heterocycles. The predicted octanol–water partition coefficient (Wildman–Crippen LogP) is 3.26. The van der Waals surface area contributed by atoms with Crippen molar-refractivity contribution in [2.75, 3.05) is 23.9 Å². The molecular formula is C24H25N3O3S. The zero-order chi connectivity index (χ0) is 21.8. The van der Waals surface area contributed by atoms with Crippen molar-refractivity contribution in [2.45, 2.75) is 24.9 Å². The Kier molecular flexibility index (Phi) is 6.42. The van der Waals surface area contributed by atoms with Gasteiger partial charge in [-0.05, 0) is 42.4 Å². The van der Waals surface area contributed by atoms with E-state index in [2.05, 4.69) is 10.6 Å². The number of anilines is 1. The SMILES string of the molecule is CSCC(=O)N[C@@H]1CCN2C(=O)c3cc(C=Cc4ccccc4)ccc3NC(=O)[C@@H]2C1. The lowest BCUT2D eigenvalue weighted by Gasteiger charge is -2.37. The predicted molar refractivity (Wildman–Crippen MR) is 125 cm³/mol. The summed E-state index contributed by atoms with van der Waals surface area (Å²) in [7, 11) is 0. The van der Waals surface area contributed by atoms with Crippen LogP contribution in [0.3, 0.4) is 0 Å². The standard InChI is InChI=1S/C24H25N3O3S/c1-31-15-22(28)25-18-11-12-27-21(14-18)23(29)26-20-10-9-17(13-19(20)24(27)30)8-7-16-5-3-2-4-6-16/h2-10,13,18,21H,11-12,14-15H2,1H3,(H,25,28)(H,26,29)/t18-,21+/m1/s1. The fourth-order valence-electron chi connectivity index (χ4n) is 4.07. The minimum absolute atomic E-state index is 0.0376. The lowest BCUT2D eigenvalue weighted by Crippen LogP contribution is -2.55. The smallest absolute Gasteiger partial charge is 0.256 e. The number of nitrogens with zero attached hydrogens (tertiary/aromatic N) is 1. The van der Waals surface area contributed by atoms with E-state index < -0.39 is 6.04 Å². The maximum atomic E-state index is 13.3. The molecule has 0 aromatic heterocycles. The number of fused-ring (bicyclic) bond motifs is 2. The molecule has 0 unspecified atom stereocenters. The lowest BCUT2D eigenvalue weighted by molar-refractivity contribution is -0.123. The van der Waals surface area contributed by atoms with E-state index >= 15 is 0 Å². The van der Waals surface area contributed by atoms with Gasteiger partial charge < -0.3 is 15.5 Å². The van der Waals surface area contributed by atoms with E-state index in [4.69, 9.17) is 0 Å². The normalized spacial score (nSPS) is 20.6. The Morgan fingerprint density at radius 1 is 1.16 bits per heavy atom. The van der Waals surface area contributed by atoms with Crippen molar-refractivity contribution in [1.82, 2.24) is 10.2 Å². The van der Waals surface area contributed by atoms with E-state index in [1.165, 1.54) is 11.8 Å². The number of amides is 3. The van der Waals surface area contributed by atoms with Gasteiger partial charge in [0.1, 0.15) is 6.04 Å². The maximum absolute atomic E-state index is 13.3. The van der Waals surface area contributed by atoms with Crippen LogP contribution in [0.2, 0.25) is 0 Å². The van der Waals surface area contributed by atoms with Crippen molar-refractivity contribution in [3.8, 4) is 0 Å². The average molecular weight is 436 g/mol. The van der Waals surface area contributed by atoms with E-state index in [1.807, 2.05) is 60.9 Å². The van der Waals surface area contributed by atoms with E-state index in [-0.39, 0.29) is 23.8 Å². The van der Waals surface area contributed by atoms with Crippen molar-refractivity contribution < 1.29 is 14.4 Å². The van der Waals surface area contributed by atoms with Crippen molar-refractivity contribution >= 4 is 47.3 Å². The number of carbonyl (C=O) groups is 3. The summed E-state index contributed by atoms with van der Waals surface area (Å²) in [6.45, 7) is 0.435. The van der Waals surface area contributed by atoms with Crippen LogP contribution >= 0.6 is 11.8 Å². The molecule has 1 saturated heterocycles. The van der Waals surface area contributed by atoms with Gasteiger partial charge in [-0.1, -0.05) is 48.6 Å². The minimum Gasteiger partial charge on any atom is -0.352 e. The first kappa shape index (κ1) is 21.2. The summed E-state index contributed by atoms with van der Waals surface area (Å²) < 4.78 is 0. The number of hydrogen-bond acceptors (Lipinski definition) is 4. The molecule has 7 heteroatoms. The molecule has 2 heterocycles. The van der Waals surface area contributed by atoms with Crippen molar-refractivity contribution in [3.05, 3.63) is 65.2 Å². The average Bonchev–Trinajstić information content (AvgIpc) is 2.88. The largest absolute Gasteiger partial charge is 0.352 e. The molecule has 2 aliphatic rings. The van der Waals surface area contributed by atoms with Crippen LogP contribution in [0.4, 0.5) is 5.69 Å². The van der Waals surface area contributed by atoms with Crippen molar-refractivity contribution in [2.24, 2.45) is 0 Å². The zero-order valence-electron chi connectivity index (χ0n) is 17.3. The molecule has 0 spiro atoms. The van der Waals surface area contributed by atoms with Crippen LogP contribution in [-0.4, -0.2) is 53.3 Å². The monoisotopic (exact) mass is 435 g/mol. The van der Waals surface area contributed by atoms with Gasteiger partial charge in [-0.25, -0.2) is 0 Å². The van der Waals surface area contributed by atoms with Crippen molar-refractivity contribution in [3.63, 3.8) is 0 Å². The highest BCUT2D eigenvalue weighted by atomic mass is 32.2. The molecule has 0 aliphatic carbocycles. The molecule has 2 aromatic carbocycles. The Bertz CT molecular complexity index is 1020. The van der Waals surface area contributed by atoms with Crippen LogP contribution < -0.4 is 10.6 Å². The van der Waals surface area contributed by atoms with Crippen LogP contribution in [0.25, 0.3) is 12.2 Å². The molecule has 2 atom stereocenters. The molecule has 3 amide bonds. The number of carbonyl (C=O) groups excluding carboxylic acids is 3. The highest BCUT2D eigenvalue weighted by molar-refractivity contribution is 7.99. The summed E-state index contributed by atoms with van der Waals surface area (Å²) in [5.74, 6) is -0.00379. The van der Waals surface area contributed by atoms with E-state index in [9.17, 15) is 14.4 Å². The lowest BCUT2D eigenvalue weighted by atomic mass is 9.96. The van der Waals surface area contributed by atoms with E-state index in [0.29, 0.717) is 36.4 Å². The van der Waals surface area contributed by atoms with Crippen LogP contribution in [0.1, 0.15) is 34.3 Å². The van der Waals surface area contributed by atoms with E-state index in [0.717, 1.165) is 11.1 Å². The molecule has 6 nitrogen and oxygen atoms in total. The molecule has 2 N–H and O–H groups in total. The van der Waals surface area contributed by atoms with Gasteiger partial charge in [0, 0.05) is 12.6 Å². The Balaban J connectivity index is 1.53. The first-order valence-electron chi connectivity index (χ1n) is 10.3. The molecule has 0 radical (unpaired) electrons. The molecule has 0 saturated carbocycles. The van der Waals surface area contributed by atoms with Gasteiger partial charge in [0.15, 0.2) is 0 Å². The fraction of sp³-hybridized carbons (Fsp3) is 0.292. The third kappa shape index (κ3) is 4.82. The number of rotatable bonds is 5. The molecular weight excluding hydrogens is 410 g/mol. The summed E-state index contributed by atoms with van der Waals surface area (Å²) in [4.78, 5) is 39.8. The van der Waals surface area contributed by atoms with Crippen LogP contribution in [0.15, 0.2) is 48.5 Å². The number of nitrogens with one attached hydrogen (secondary N) is 2. The Labute approximate surface area is 186 Å². The topological polar surface area (TPSA) is 78.5 Å². The number of thioether (sulfide) groups is 1. The molecule has 4 rings (SSSR count). The molecule has 1 fully saturated rings.